The lowest BCUT2D eigenvalue weighted by atomic mass is 9.69. The van der Waals surface area contributed by atoms with E-state index in [1.165, 1.54) is 16.6 Å². The Kier molecular flexibility index (Phi) is 3.90. The Morgan fingerprint density at radius 1 is 1.07 bits per heavy atom. The number of amides is 2. The smallest absolute Gasteiger partial charge is 0.327 e. The van der Waals surface area contributed by atoms with Crippen molar-refractivity contribution in [2.45, 2.75) is 43.4 Å². The average Bonchev–Trinajstić information content (AvgIpc) is 3.26. The number of halogens is 1. The van der Waals surface area contributed by atoms with Crippen LogP contribution in [0.15, 0.2) is 53.0 Å². The fourth-order valence-electron chi connectivity index (χ4n) is 6.28. The van der Waals surface area contributed by atoms with Crippen LogP contribution in [0.1, 0.15) is 36.9 Å². The third-order valence-corrected chi connectivity index (χ3v) is 7.96. The van der Waals surface area contributed by atoms with Crippen molar-refractivity contribution in [1.29, 1.82) is 0 Å². The lowest BCUT2D eigenvalue weighted by Crippen LogP contribution is -2.64. The molecule has 1 saturated carbocycles. The van der Waals surface area contributed by atoms with Gasteiger partial charge in [-0.15, -0.1) is 0 Å². The van der Waals surface area contributed by atoms with Crippen LogP contribution in [0.25, 0.3) is 10.9 Å². The fourth-order valence-corrected chi connectivity index (χ4v) is 6.54. The molecule has 154 valence electrons. The summed E-state index contributed by atoms with van der Waals surface area (Å²) in [5.74, 6) is 0. The van der Waals surface area contributed by atoms with E-state index in [4.69, 9.17) is 4.74 Å². The van der Waals surface area contributed by atoms with Gasteiger partial charge in [0.25, 0.3) is 0 Å². The van der Waals surface area contributed by atoms with Crippen molar-refractivity contribution < 1.29 is 9.53 Å². The van der Waals surface area contributed by atoms with Crippen molar-refractivity contribution in [1.82, 2.24) is 9.88 Å². The molecule has 1 spiro atoms. The van der Waals surface area contributed by atoms with E-state index in [1.54, 1.807) is 7.11 Å². The van der Waals surface area contributed by atoms with Crippen molar-refractivity contribution in [3.8, 4) is 0 Å². The van der Waals surface area contributed by atoms with Gasteiger partial charge in [-0.05, 0) is 61.6 Å². The van der Waals surface area contributed by atoms with Crippen LogP contribution < -0.4 is 4.90 Å². The van der Waals surface area contributed by atoms with Crippen LogP contribution >= 0.6 is 15.9 Å². The zero-order chi connectivity index (χ0) is 20.5. The minimum Gasteiger partial charge on any atom is -0.356 e. The fraction of sp³-hybridized carbons (Fsp3) is 0.375. The predicted octanol–water partition coefficient (Wildman–Crippen LogP) is 5.54. The van der Waals surface area contributed by atoms with Gasteiger partial charge in [0, 0.05) is 34.7 Å². The van der Waals surface area contributed by atoms with E-state index in [1.807, 2.05) is 29.2 Å². The minimum absolute atomic E-state index is 0.0466. The number of anilines is 1. The van der Waals surface area contributed by atoms with E-state index in [0.29, 0.717) is 6.54 Å². The molecular formula is C24H24BrN3O2. The summed E-state index contributed by atoms with van der Waals surface area (Å²) in [6.45, 7) is 0.714. The zero-order valence-electron chi connectivity index (χ0n) is 17.0. The molecule has 2 aliphatic heterocycles. The number of benzene rings is 2. The van der Waals surface area contributed by atoms with Crippen LogP contribution in [-0.2, 0) is 16.7 Å². The van der Waals surface area contributed by atoms with Crippen LogP contribution in [0.2, 0.25) is 0 Å². The molecule has 2 atom stereocenters. The second kappa shape index (κ2) is 6.34. The Morgan fingerprint density at radius 2 is 1.83 bits per heavy atom. The molecule has 30 heavy (non-hydrogen) atoms. The monoisotopic (exact) mass is 465 g/mol. The summed E-state index contributed by atoms with van der Waals surface area (Å²) in [4.78, 5) is 21.7. The van der Waals surface area contributed by atoms with E-state index in [9.17, 15) is 4.79 Å². The lowest BCUT2D eigenvalue weighted by Gasteiger charge is -2.53. The van der Waals surface area contributed by atoms with Crippen LogP contribution in [-0.4, -0.2) is 35.3 Å². The van der Waals surface area contributed by atoms with Crippen molar-refractivity contribution in [2.24, 2.45) is 0 Å². The second-order valence-corrected chi connectivity index (χ2v) is 9.49. The molecule has 6 rings (SSSR count). The van der Waals surface area contributed by atoms with Gasteiger partial charge in [0.05, 0.1) is 5.69 Å². The Labute approximate surface area is 184 Å². The van der Waals surface area contributed by atoms with Crippen LogP contribution in [0.4, 0.5) is 10.5 Å². The van der Waals surface area contributed by atoms with E-state index in [-0.39, 0.29) is 6.03 Å². The molecule has 2 fully saturated rings. The number of hydrogen-bond donors (Lipinski definition) is 1. The number of fused-ring (bicyclic) bond motifs is 3. The van der Waals surface area contributed by atoms with Gasteiger partial charge in [-0.25, -0.2) is 4.79 Å². The van der Waals surface area contributed by atoms with Crippen LogP contribution in [0, 0.1) is 0 Å². The van der Waals surface area contributed by atoms with E-state index in [2.05, 4.69) is 50.1 Å². The largest absolute Gasteiger partial charge is 0.356 e. The number of aromatic amines is 1. The predicted molar refractivity (Wildman–Crippen MR) is 121 cm³/mol. The second-order valence-electron chi connectivity index (χ2n) is 8.58. The normalized spacial score (nSPS) is 27.9. The molecule has 2 amide bonds. The number of rotatable bonds is 2. The first kappa shape index (κ1) is 18.5. The average molecular weight is 466 g/mol. The molecule has 5 nitrogen and oxygen atoms in total. The third kappa shape index (κ3) is 2.08. The number of hydrogen-bond acceptors (Lipinski definition) is 2. The number of para-hydroxylation sites is 1. The number of nitrogens with one attached hydrogen (secondary N) is 1. The summed E-state index contributed by atoms with van der Waals surface area (Å²) in [6.07, 6.45) is 4.70. The van der Waals surface area contributed by atoms with E-state index >= 15 is 0 Å². The summed E-state index contributed by atoms with van der Waals surface area (Å²) in [7, 11) is 1.77. The summed E-state index contributed by atoms with van der Waals surface area (Å²) in [6, 6.07) is 16.5. The Morgan fingerprint density at radius 3 is 2.63 bits per heavy atom. The Hall–Kier alpha value is -2.31. The first-order valence-electron chi connectivity index (χ1n) is 10.6. The van der Waals surface area contributed by atoms with Gasteiger partial charge in [-0.2, -0.15) is 0 Å². The molecule has 0 radical (unpaired) electrons. The molecule has 3 heterocycles. The van der Waals surface area contributed by atoms with Crippen molar-refractivity contribution in [3.63, 3.8) is 0 Å². The number of H-pyrrole nitrogens is 1. The van der Waals surface area contributed by atoms with Crippen LogP contribution in [0.5, 0.6) is 0 Å². The molecule has 6 heteroatoms. The van der Waals surface area contributed by atoms with Gasteiger partial charge in [-0.3, -0.25) is 4.90 Å². The molecule has 1 N–H and O–H groups in total. The molecule has 3 aromatic rings. The number of aromatic nitrogens is 1. The summed E-state index contributed by atoms with van der Waals surface area (Å²) in [5, 5.41) is 1.27. The molecule has 2 aromatic carbocycles. The molecule has 3 aliphatic rings. The highest BCUT2D eigenvalue weighted by Crippen LogP contribution is 2.60. The maximum Gasteiger partial charge on any atom is 0.327 e. The molecule has 1 aromatic heterocycles. The Bertz CT molecular complexity index is 1160. The van der Waals surface area contributed by atoms with Gasteiger partial charge in [0.2, 0.25) is 0 Å². The number of ether oxygens (including phenoxy) is 1. The van der Waals surface area contributed by atoms with E-state index < -0.39 is 11.3 Å². The molecule has 1 aliphatic carbocycles. The van der Waals surface area contributed by atoms with Crippen LogP contribution in [0.3, 0.4) is 0 Å². The molecule has 1 saturated heterocycles. The van der Waals surface area contributed by atoms with Gasteiger partial charge < -0.3 is 14.6 Å². The zero-order valence-corrected chi connectivity index (χ0v) is 18.5. The molecule has 0 bridgehead atoms. The Balaban J connectivity index is 1.64. The van der Waals surface area contributed by atoms with Crippen molar-refractivity contribution in [3.05, 3.63) is 64.3 Å². The first-order valence-corrected chi connectivity index (χ1v) is 11.4. The van der Waals surface area contributed by atoms with Gasteiger partial charge in [0.15, 0.2) is 5.72 Å². The SMILES string of the molecule is COC12CCCCC13c1[nH]c4ccccc4c1CCN3C(=O)N2c1ccc(Br)cc1. The quantitative estimate of drug-likeness (QED) is 0.539. The molecular weight excluding hydrogens is 442 g/mol. The highest BCUT2D eigenvalue weighted by Gasteiger charge is 2.71. The van der Waals surface area contributed by atoms with Gasteiger partial charge >= 0.3 is 6.03 Å². The number of carbonyl (C=O) groups is 1. The van der Waals surface area contributed by atoms with Gasteiger partial charge in [-0.1, -0.05) is 40.5 Å². The number of urea groups is 1. The van der Waals surface area contributed by atoms with Crippen molar-refractivity contribution in [2.75, 3.05) is 18.6 Å². The van der Waals surface area contributed by atoms with E-state index in [0.717, 1.165) is 47.8 Å². The first-order chi connectivity index (χ1) is 14.6. The lowest BCUT2D eigenvalue weighted by molar-refractivity contribution is -0.124. The maximum absolute atomic E-state index is 13.9. The maximum atomic E-state index is 13.9. The minimum atomic E-state index is -0.730. The van der Waals surface area contributed by atoms with Crippen molar-refractivity contribution >= 4 is 38.6 Å². The van der Waals surface area contributed by atoms with Gasteiger partial charge in [0.1, 0.15) is 5.54 Å². The number of carbonyl (C=O) groups excluding carboxylic acids is 1. The summed E-state index contributed by atoms with van der Waals surface area (Å²) < 4.78 is 7.41. The molecule has 2 unspecified atom stereocenters. The standard InChI is InChI=1S/C24H24BrN3O2/c1-30-24-14-5-4-13-23(24)21-19(18-6-2-3-7-20(18)26-21)12-15-27(23)22(29)28(24)17-10-8-16(25)9-11-17/h2-3,6-11,26H,4-5,12-15H2,1H3. The highest BCUT2D eigenvalue weighted by molar-refractivity contribution is 9.10. The number of methoxy groups -OCH3 is 1. The highest BCUT2D eigenvalue weighted by atomic mass is 79.9. The number of nitrogens with zero attached hydrogens (tertiary/aromatic N) is 2. The summed E-state index contributed by atoms with van der Waals surface area (Å²) in [5.41, 5.74) is 3.31. The summed E-state index contributed by atoms with van der Waals surface area (Å²) >= 11 is 3.52. The third-order valence-electron chi connectivity index (χ3n) is 7.43. The topological polar surface area (TPSA) is 48.6 Å².